The van der Waals surface area contributed by atoms with E-state index in [0.717, 1.165) is 12.1 Å². The van der Waals surface area contributed by atoms with Gasteiger partial charge in [-0.25, -0.2) is 0 Å². The fourth-order valence-electron chi connectivity index (χ4n) is 2.25. The molecule has 2 aromatic carbocycles. The number of hydrogen-bond donors (Lipinski definition) is 3. The first kappa shape index (κ1) is 18.3. The lowest BCUT2D eigenvalue weighted by atomic mass is 10.2. The van der Waals surface area contributed by atoms with Crippen LogP contribution in [0.1, 0.15) is 19.8 Å². The fourth-order valence-corrected chi connectivity index (χ4v) is 2.25. The van der Waals surface area contributed by atoms with Crippen LogP contribution in [0, 0.1) is 0 Å². The number of carbonyl (C=O) groups excluding carboxylic acids is 2. The quantitative estimate of drug-likeness (QED) is 0.687. The van der Waals surface area contributed by atoms with Crippen LogP contribution in [0.15, 0.2) is 48.5 Å². The highest BCUT2D eigenvalue weighted by Crippen LogP contribution is 2.17. The Hall–Kier alpha value is -3.02. The molecule has 0 heterocycles. The molecule has 0 saturated carbocycles. The second-order valence-electron chi connectivity index (χ2n) is 5.51. The minimum atomic E-state index is -0.173. The molecule has 0 aliphatic rings. The van der Waals surface area contributed by atoms with E-state index >= 15 is 0 Å². The monoisotopic (exact) mass is 341 g/mol. The first-order chi connectivity index (χ1) is 12.1. The third kappa shape index (κ3) is 6.18. The molecular weight excluding hydrogens is 318 g/mol. The predicted molar refractivity (Wildman–Crippen MR) is 100 cm³/mol. The van der Waals surface area contributed by atoms with E-state index in [1.807, 2.05) is 37.3 Å². The number of amides is 2. The molecule has 0 aliphatic heterocycles. The Bertz CT molecular complexity index is 731. The highest BCUT2D eigenvalue weighted by atomic mass is 16.5. The lowest BCUT2D eigenvalue weighted by molar-refractivity contribution is -0.116. The van der Waals surface area contributed by atoms with Crippen molar-refractivity contribution in [3.05, 3.63) is 48.5 Å². The molecule has 0 saturated heterocycles. The normalized spacial score (nSPS) is 10.0. The molecule has 0 aromatic heterocycles. The molecule has 0 radical (unpaired) electrons. The summed E-state index contributed by atoms with van der Waals surface area (Å²) in [6.45, 7) is 2.07. The highest BCUT2D eigenvalue weighted by molar-refractivity contribution is 5.94. The average molecular weight is 341 g/mol. The van der Waals surface area contributed by atoms with Gasteiger partial charge in [-0.3, -0.25) is 9.59 Å². The number of methoxy groups -OCH3 is 1. The SMILES string of the molecule is CCCC(=O)Nc1cccc(NCC(=O)Nc2cccc(OC)c2)c1. The molecule has 132 valence electrons. The van der Waals surface area contributed by atoms with E-state index in [1.54, 1.807) is 25.3 Å². The molecule has 0 aliphatic carbocycles. The Morgan fingerprint density at radius 1 is 0.920 bits per heavy atom. The zero-order chi connectivity index (χ0) is 18.1. The molecular formula is C19H23N3O3. The van der Waals surface area contributed by atoms with Crippen molar-refractivity contribution in [2.24, 2.45) is 0 Å². The summed E-state index contributed by atoms with van der Waals surface area (Å²) >= 11 is 0. The maximum Gasteiger partial charge on any atom is 0.243 e. The van der Waals surface area contributed by atoms with Gasteiger partial charge in [-0.05, 0) is 36.8 Å². The maximum atomic E-state index is 12.0. The lowest BCUT2D eigenvalue weighted by Gasteiger charge is -2.10. The summed E-state index contributed by atoms with van der Waals surface area (Å²) in [6.07, 6.45) is 1.29. The van der Waals surface area contributed by atoms with Gasteiger partial charge in [0.15, 0.2) is 0 Å². The maximum absolute atomic E-state index is 12.0. The smallest absolute Gasteiger partial charge is 0.243 e. The highest BCUT2D eigenvalue weighted by Gasteiger charge is 2.05. The van der Waals surface area contributed by atoms with Gasteiger partial charge in [-0.2, -0.15) is 0 Å². The van der Waals surface area contributed by atoms with Crippen molar-refractivity contribution < 1.29 is 14.3 Å². The zero-order valence-electron chi connectivity index (χ0n) is 14.5. The molecule has 2 amide bonds. The molecule has 0 spiro atoms. The molecule has 3 N–H and O–H groups in total. The number of carbonyl (C=O) groups is 2. The summed E-state index contributed by atoms with van der Waals surface area (Å²) in [7, 11) is 1.58. The van der Waals surface area contributed by atoms with E-state index in [1.165, 1.54) is 0 Å². The molecule has 6 nitrogen and oxygen atoms in total. The van der Waals surface area contributed by atoms with Gasteiger partial charge in [0, 0.05) is 29.5 Å². The van der Waals surface area contributed by atoms with Crippen molar-refractivity contribution in [1.82, 2.24) is 0 Å². The zero-order valence-corrected chi connectivity index (χ0v) is 14.5. The number of nitrogens with one attached hydrogen (secondary N) is 3. The molecule has 0 bridgehead atoms. The summed E-state index contributed by atoms with van der Waals surface area (Å²) in [6, 6.07) is 14.4. The van der Waals surface area contributed by atoms with E-state index < -0.39 is 0 Å². The third-order valence-electron chi connectivity index (χ3n) is 3.43. The molecule has 0 fully saturated rings. The second kappa shape index (κ2) is 9.32. The summed E-state index contributed by atoms with van der Waals surface area (Å²) in [4.78, 5) is 23.7. The van der Waals surface area contributed by atoms with E-state index in [9.17, 15) is 9.59 Å². The van der Waals surface area contributed by atoms with Gasteiger partial charge >= 0.3 is 0 Å². The van der Waals surface area contributed by atoms with Crippen LogP contribution < -0.4 is 20.7 Å². The minimum Gasteiger partial charge on any atom is -0.497 e. The second-order valence-corrected chi connectivity index (χ2v) is 5.51. The van der Waals surface area contributed by atoms with E-state index in [4.69, 9.17) is 4.74 Å². The van der Waals surface area contributed by atoms with Crippen LogP contribution in [0.25, 0.3) is 0 Å². The summed E-state index contributed by atoms with van der Waals surface area (Å²) in [5, 5.41) is 8.67. The van der Waals surface area contributed by atoms with Crippen LogP contribution in [0.4, 0.5) is 17.1 Å². The summed E-state index contributed by atoms with van der Waals surface area (Å²) in [5.41, 5.74) is 2.14. The Balaban J connectivity index is 1.87. The Morgan fingerprint density at radius 2 is 1.56 bits per heavy atom. The summed E-state index contributed by atoms with van der Waals surface area (Å²) < 4.78 is 5.13. The Morgan fingerprint density at radius 3 is 2.28 bits per heavy atom. The van der Waals surface area contributed by atoms with Crippen LogP contribution in [-0.2, 0) is 9.59 Å². The van der Waals surface area contributed by atoms with Crippen LogP contribution in [0.2, 0.25) is 0 Å². The summed E-state index contributed by atoms with van der Waals surface area (Å²) in [5.74, 6) is 0.491. The van der Waals surface area contributed by atoms with E-state index in [-0.39, 0.29) is 18.4 Å². The van der Waals surface area contributed by atoms with Gasteiger partial charge in [0.05, 0.1) is 13.7 Å². The molecule has 2 aromatic rings. The number of rotatable bonds is 8. The number of anilines is 3. The molecule has 25 heavy (non-hydrogen) atoms. The lowest BCUT2D eigenvalue weighted by Crippen LogP contribution is -2.21. The molecule has 0 atom stereocenters. The van der Waals surface area contributed by atoms with Crippen molar-refractivity contribution in [3.63, 3.8) is 0 Å². The molecule has 2 rings (SSSR count). The number of ether oxygens (including phenoxy) is 1. The Labute approximate surface area is 147 Å². The fraction of sp³-hybridized carbons (Fsp3) is 0.263. The standard InChI is InChI=1S/C19H23N3O3/c1-3-6-18(23)21-15-8-4-7-14(11-15)20-13-19(24)22-16-9-5-10-17(12-16)25-2/h4-5,7-12,20H,3,6,13H2,1-2H3,(H,21,23)(H,22,24). The van der Waals surface area contributed by atoms with Crippen molar-refractivity contribution in [3.8, 4) is 5.75 Å². The van der Waals surface area contributed by atoms with Crippen LogP contribution >= 0.6 is 0 Å². The van der Waals surface area contributed by atoms with Crippen molar-refractivity contribution in [2.75, 3.05) is 29.6 Å². The largest absolute Gasteiger partial charge is 0.497 e. The van der Waals surface area contributed by atoms with Gasteiger partial charge in [0.25, 0.3) is 0 Å². The van der Waals surface area contributed by atoms with E-state index in [0.29, 0.717) is 23.5 Å². The topological polar surface area (TPSA) is 79.5 Å². The third-order valence-corrected chi connectivity index (χ3v) is 3.43. The Kier molecular flexibility index (Phi) is 6.83. The predicted octanol–water partition coefficient (Wildman–Crippen LogP) is 3.48. The van der Waals surface area contributed by atoms with Gasteiger partial charge in [-0.15, -0.1) is 0 Å². The van der Waals surface area contributed by atoms with Gasteiger partial charge in [0.1, 0.15) is 5.75 Å². The van der Waals surface area contributed by atoms with Crippen LogP contribution in [0.5, 0.6) is 5.75 Å². The number of benzene rings is 2. The van der Waals surface area contributed by atoms with Gasteiger partial charge < -0.3 is 20.7 Å². The number of hydrogen-bond acceptors (Lipinski definition) is 4. The molecule has 0 unspecified atom stereocenters. The molecule has 6 heteroatoms. The van der Waals surface area contributed by atoms with E-state index in [2.05, 4.69) is 16.0 Å². The first-order valence-electron chi connectivity index (χ1n) is 8.18. The average Bonchev–Trinajstić information content (AvgIpc) is 2.60. The van der Waals surface area contributed by atoms with Crippen LogP contribution in [0.3, 0.4) is 0 Å². The first-order valence-corrected chi connectivity index (χ1v) is 8.18. The minimum absolute atomic E-state index is 0.0181. The van der Waals surface area contributed by atoms with Gasteiger partial charge in [-0.1, -0.05) is 19.1 Å². The van der Waals surface area contributed by atoms with Crippen molar-refractivity contribution in [2.45, 2.75) is 19.8 Å². The van der Waals surface area contributed by atoms with Crippen molar-refractivity contribution in [1.29, 1.82) is 0 Å². The van der Waals surface area contributed by atoms with Crippen LogP contribution in [-0.4, -0.2) is 25.5 Å². The van der Waals surface area contributed by atoms with Gasteiger partial charge in [0.2, 0.25) is 11.8 Å². The van der Waals surface area contributed by atoms with Crippen molar-refractivity contribution >= 4 is 28.9 Å².